The van der Waals surface area contributed by atoms with Gasteiger partial charge in [-0.2, -0.15) is 0 Å². The molecule has 1 aromatic heterocycles. The van der Waals surface area contributed by atoms with Gasteiger partial charge in [0.05, 0.1) is 0 Å². The Balaban J connectivity index is 3.06. The first kappa shape index (κ1) is 7.91. The van der Waals surface area contributed by atoms with Crippen LogP contribution in [0.3, 0.4) is 0 Å². The van der Waals surface area contributed by atoms with Crippen LogP contribution in [0.15, 0.2) is 4.63 Å². The minimum atomic E-state index is -0.102. The highest BCUT2D eigenvalue weighted by Crippen LogP contribution is 2.14. The molecule has 1 aromatic rings. The van der Waals surface area contributed by atoms with Crippen molar-refractivity contribution in [1.82, 2.24) is 10.3 Å². The summed E-state index contributed by atoms with van der Waals surface area (Å²) in [7, 11) is 0. The molecule has 0 atom stereocenters. The Morgan fingerprint density at radius 1 is 1.45 bits per heavy atom. The number of hydrogen-bond donors (Lipinski definition) is 0. The van der Waals surface area contributed by atoms with Crippen LogP contribution >= 0.6 is 0 Å². The Bertz CT molecular complexity index is 265. The average molecular weight is 154 g/mol. The number of carbonyl (C=O) groups is 1. The number of nitrogens with zero attached hydrogens (tertiary/aromatic N) is 2. The van der Waals surface area contributed by atoms with Crippen LogP contribution < -0.4 is 0 Å². The fourth-order valence-electron chi connectivity index (χ4n) is 0.819. The summed E-state index contributed by atoms with van der Waals surface area (Å²) in [5, 5.41) is 7.13. The molecule has 1 rings (SSSR count). The van der Waals surface area contributed by atoms with Gasteiger partial charge in [0.25, 0.3) is 0 Å². The topological polar surface area (TPSA) is 56.0 Å². The van der Waals surface area contributed by atoms with E-state index in [1.807, 2.05) is 13.8 Å². The zero-order valence-electron chi connectivity index (χ0n) is 6.79. The highest BCUT2D eigenvalue weighted by atomic mass is 16.6. The van der Waals surface area contributed by atoms with E-state index in [4.69, 9.17) is 0 Å². The quantitative estimate of drug-likeness (QED) is 0.604. The van der Waals surface area contributed by atoms with Gasteiger partial charge in [0, 0.05) is 12.8 Å². The average Bonchev–Trinajstić information content (AvgIpc) is 2.32. The third-order valence-corrected chi connectivity index (χ3v) is 1.39. The van der Waals surface area contributed by atoms with Gasteiger partial charge in [-0.05, 0) is 5.16 Å². The van der Waals surface area contributed by atoms with Gasteiger partial charge in [-0.1, -0.05) is 19.0 Å². The molecule has 0 fully saturated rings. The molecule has 11 heavy (non-hydrogen) atoms. The molecule has 0 aliphatic rings. The Morgan fingerprint density at radius 2 is 2.09 bits per heavy atom. The summed E-state index contributed by atoms with van der Waals surface area (Å²) in [6, 6.07) is 0. The maximum absolute atomic E-state index is 10.9. The third-order valence-electron chi connectivity index (χ3n) is 1.39. The van der Waals surface area contributed by atoms with Crippen molar-refractivity contribution >= 4 is 5.78 Å². The minimum Gasteiger partial charge on any atom is -0.293 e. The maximum Gasteiger partial charge on any atom is 0.183 e. The second kappa shape index (κ2) is 2.82. The SMILES string of the molecule is CC(=O)c1nonc1C(C)C. The van der Waals surface area contributed by atoms with E-state index >= 15 is 0 Å². The third kappa shape index (κ3) is 1.45. The Kier molecular flexibility index (Phi) is 2.03. The van der Waals surface area contributed by atoms with Gasteiger partial charge in [0.15, 0.2) is 11.5 Å². The van der Waals surface area contributed by atoms with Crippen LogP contribution in [0.4, 0.5) is 0 Å². The molecule has 60 valence electrons. The standard InChI is InChI=1S/C7H10N2O2/c1-4(2)6-7(5(3)10)9-11-8-6/h4H,1-3H3. The van der Waals surface area contributed by atoms with Crippen LogP contribution in [0.1, 0.15) is 42.9 Å². The lowest BCUT2D eigenvalue weighted by atomic mass is 10.1. The van der Waals surface area contributed by atoms with Gasteiger partial charge in [-0.15, -0.1) is 0 Å². The van der Waals surface area contributed by atoms with Crippen molar-refractivity contribution in [3.63, 3.8) is 0 Å². The summed E-state index contributed by atoms with van der Waals surface area (Å²) >= 11 is 0. The van der Waals surface area contributed by atoms with Crippen LogP contribution in [0.25, 0.3) is 0 Å². The molecule has 0 saturated carbocycles. The molecule has 0 aliphatic carbocycles. The predicted molar refractivity (Wildman–Crippen MR) is 38.4 cm³/mol. The second-order valence-electron chi connectivity index (χ2n) is 2.71. The highest BCUT2D eigenvalue weighted by Gasteiger charge is 2.16. The molecule has 0 spiro atoms. The number of ketones is 1. The lowest BCUT2D eigenvalue weighted by Gasteiger charge is -1.96. The van der Waals surface area contributed by atoms with Gasteiger partial charge in [-0.25, -0.2) is 4.63 Å². The van der Waals surface area contributed by atoms with Crippen molar-refractivity contribution in [1.29, 1.82) is 0 Å². The van der Waals surface area contributed by atoms with E-state index in [1.54, 1.807) is 0 Å². The number of hydrogen-bond acceptors (Lipinski definition) is 4. The molecule has 0 N–H and O–H groups in total. The summed E-state index contributed by atoms with van der Waals surface area (Å²) in [4.78, 5) is 10.9. The van der Waals surface area contributed by atoms with E-state index in [0.29, 0.717) is 11.4 Å². The molecule has 4 heteroatoms. The fourth-order valence-corrected chi connectivity index (χ4v) is 0.819. The minimum absolute atomic E-state index is 0.102. The fraction of sp³-hybridized carbons (Fsp3) is 0.571. The van der Waals surface area contributed by atoms with Crippen LogP contribution in [0.5, 0.6) is 0 Å². The Labute approximate surface area is 64.6 Å². The van der Waals surface area contributed by atoms with E-state index in [1.165, 1.54) is 6.92 Å². The maximum atomic E-state index is 10.9. The van der Waals surface area contributed by atoms with Crippen LogP contribution in [0.2, 0.25) is 0 Å². The molecule has 4 nitrogen and oxygen atoms in total. The number of rotatable bonds is 2. The lowest BCUT2D eigenvalue weighted by Crippen LogP contribution is -2.00. The molecule has 0 aromatic carbocycles. The second-order valence-corrected chi connectivity index (χ2v) is 2.71. The van der Waals surface area contributed by atoms with Crippen molar-refractivity contribution in [2.24, 2.45) is 0 Å². The molecule has 0 aliphatic heterocycles. The van der Waals surface area contributed by atoms with Crippen LogP contribution in [-0.4, -0.2) is 16.1 Å². The van der Waals surface area contributed by atoms with E-state index in [2.05, 4.69) is 14.9 Å². The van der Waals surface area contributed by atoms with Gasteiger partial charge in [0.2, 0.25) is 0 Å². The smallest absolute Gasteiger partial charge is 0.183 e. The van der Waals surface area contributed by atoms with Crippen molar-refractivity contribution in [3.8, 4) is 0 Å². The molecule has 1 heterocycles. The van der Waals surface area contributed by atoms with Gasteiger partial charge in [-0.3, -0.25) is 4.79 Å². The van der Waals surface area contributed by atoms with Crippen molar-refractivity contribution in [2.45, 2.75) is 26.7 Å². The summed E-state index contributed by atoms with van der Waals surface area (Å²) in [6.07, 6.45) is 0. The first-order chi connectivity index (χ1) is 5.13. The predicted octanol–water partition coefficient (Wildman–Crippen LogP) is 1.40. The van der Waals surface area contributed by atoms with Crippen LogP contribution in [0, 0.1) is 0 Å². The largest absolute Gasteiger partial charge is 0.293 e. The van der Waals surface area contributed by atoms with E-state index in [9.17, 15) is 4.79 Å². The first-order valence-electron chi connectivity index (χ1n) is 3.46. The summed E-state index contributed by atoms with van der Waals surface area (Å²) < 4.78 is 4.45. The first-order valence-corrected chi connectivity index (χ1v) is 3.46. The zero-order chi connectivity index (χ0) is 8.43. The summed E-state index contributed by atoms with van der Waals surface area (Å²) in [6.45, 7) is 5.32. The van der Waals surface area contributed by atoms with E-state index in [-0.39, 0.29) is 11.7 Å². The van der Waals surface area contributed by atoms with Crippen molar-refractivity contribution < 1.29 is 9.42 Å². The molecule has 0 amide bonds. The molecule has 0 saturated heterocycles. The molecular weight excluding hydrogens is 144 g/mol. The summed E-state index contributed by atoms with van der Waals surface area (Å²) in [5.41, 5.74) is 0.984. The lowest BCUT2D eigenvalue weighted by molar-refractivity contribution is 0.100. The molecule has 0 bridgehead atoms. The normalized spacial score (nSPS) is 10.5. The van der Waals surface area contributed by atoms with E-state index < -0.39 is 0 Å². The number of aromatic nitrogens is 2. The Morgan fingerprint density at radius 3 is 2.45 bits per heavy atom. The summed E-state index contributed by atoms with van der Waals surface area (Å²) in [5.74, 6) is 0.0788. The van der Waals surface area contributed by atoms with Gasteiger partial charge >= 0.3 is 0 Å². The van der Waals surface area contributed by atoms with Crippen LogP contribution in [-0.2, 0) is 0 Å². The monoisotopic (exact) mass is 154 g/mol. The van der Waals surface area contributed by atoms with Gasteiger partial charge in [0.1, 0.15) is 5.69 Å². The molecular formula is C7H10N2O2. The Hall–Kier alpha value is -1.19. The molecule has 0 unspecified atom stereocenters. The highest BCUT2D eigenvalue weighted by molar-refractivity contribution is 5.93. The zero-order valence-corrected chi connectivity index (χ0v) is 6.79. The number of carbonyl (C=O) groups excluding carboxylic acids is 1. The van der Waals surface area contributed by atoms with Gasteiger partial charge < -0.3 is 0 Å². The molecule has 0 radical (unpaired) electrons. The number of Topliss-reactive ketones (excluding diaryl/α,β-unsaturated/α-hetero) is 1. The van der Waals surface area contributed by atoms with E-state index in [0.717, 1.165) is 0 Å². The van der Waals surface area contributed by atoms with Crippen molar-refractivity contribution in [3.05, 3.63) is 11.4 Å². The van der Waals surface area contributed by atoms with Crippen molar-refractivity contribution in [2.75, 3.05) is 0 Å².